The maximum Gasteiger partial charge on any atom is 0.270 e. The van der Waals surface area contributed by atoms with Crippen molar-refractivity contribution in [1.82, 2.24) is 20.3 Å². The summed E-state index contributed by atoms with van der Waals surface area (Å²) in [6.07, 6.45) is 4.44. The number of nitrogens with one attached hydrogen (secondary N) is 2. The molecule has 26 heavy (non-hydrogen) atoms. The first-order valence-electron chi connectivity index (χ1n) is 8.08. The molecule has 3 aromatic rings. The van der Waals surface area contributed by atoms with Gasteiger partial charge in [0.2, 0.25) is 0 Å². The lowest BCUT2D eigenvalue weighted by molar-refractivity contribution is 0.0952. The summed E-state index contributed by atoms with van der Waals surface area (Å²) in [7, 11) is 3.20. The zero-order chi connectivity index (χ0) is 17.8. The van der Waals surface area contributed by atoms with Crippen LogP contribution >= 0.6 is 32.9 Å². The van der Waals surface area contributed by atoms with Crippen LogP contribution in [-0.2, 0) is 6.42 Å². The van der Waals surface area contributed by atoms with E-state index in [2.05, 4.69) is 26.3 Å². The monoisotopic (exact) mass is 404 g/mol. The second-order valence-electron chi connectivity index (χ2n) is 5.51. The van der Waals surface area contributed by atoms with Crippen LogP contribution < -0.4 is 10.1 Å². The Hall–Kier alpha value is -1.97. The molecule has 3 heterocycles. The highest BCUT2D eigenvalue weighted by Crippen LogP contribution is 2.32. The predicted molar refractivity (Wildman–Crippen MR) is 106 cm³/mol. The number of H-pyrrole nitrogens is 1. The Morgan fingerprint density at radius 1 is 1.42 bits per heavy atom. The van der Waals surface area contributed by atoms with Gasteiger partial charge in [-0.15, -0.1) is 11.3 Å². The van der Waals surface area contributed by atoms with Gasteiger partial charge in [-0.25, -0.2) is 9.97 Å². The minimum Gasteiger partial charge on any atom is -0.493 e. The molecule has 0 atom stereocenters. The van der Waals surface area contributed by atoms with Crippen LogP contribution in [0.5, 0.6) is 5.75 Å². The molecule has 1 aromatic carbocycles. The van der Waals surface area contributed by atoms with E-state index in [1.807, 2.05) is 12.1 Å². The Balaban J connectivity index is 1.29. The van der Waals surface area contributed by atoms with E-state index in [4.69, 9.17) is 4.74 Å². The molecule has 1 aliphatic rings. The number of nitrogens with zero attached hydrogens (tertiary/aromatic N) is 2. The number of amides is 1. The van der Waals surface area contributed by atoms with Gasteiger partial charge in [-0.3, -0.25) is 4.79 Å². The van der Waals surface area contributed by atoms with Crippen molar-refractivity contribution >= 4 is 38.8 Å². The lowest BCUT2D eigenvalue weighted by Crippen LogP contribution is -2.25. The number of hydrogen-bond donors (Lipinski definition) is 2. The number of aromatic amines is 1. The number of aromatic nitrogens is 3. The van der Waals surface area contributed by atoms with E-state index in [0.29, 0.717) is 12.2 Å². The SMILES string of the molecule is O=C(NCCSSc1ncc[nH]1)c1csc(-c2ccc3c(c2)CCO3)n1. The van der Waals surface area contributed by atoms with Gasteiger partial charge in [-0.2, -0.15) is 0 Å². The van der Waals surface area contributed by atoms with Crippen molar-refractivity contribution in [2.24, 2.45) is 0 Å². The zero-order valence-corrected chi connectivity index (χ0v) is 16.2. The molecular weight excluding hydrogens is 388 g/mol. The Labute approximate surface area is 162 Å². The number of imidazole rings is 1. The van der Waals surface area contributed by atoms with Gasteiger partial charge in [0.25, 0.3) is 5.91 Å². The average Bonchev–Trinajstić information content (AvgIpc) is 3.40. The molecule has 0 spiro atoms. The molecule has 0 saturated carbocycles. The first kappa shape index (κ1) is 17.4. The molecule has 134 valence electrons. The largest absolute Gasteiger partial charge is 0.493 e. The fraction of sp³-hybridized carbons (Fsp3) is 0.235. The number of carbonyl (C=O) groups excluding carboxylic acids is 1. The number of rotatable bonds is 7. The van der Waals surface area contributed by atoms with Crippen LogP contribution in [0.2, 0.25) is 0 Å². The zero-order valence-electron chi connectivity index (χ0n) is 13.7. The average molecular weight is 405 g/mol. The molecule has 0 unspecified atom stereocenters. The smallest absolute Gasteiger partial charge is 0.270 e. The van der Waals surface area contributed by atoms with Gasteiger partial charge in [-0.05, 0) is 34.6 Å². The van der Waals surface area contributed by atoms with Crippen LogP contribution in [0.1, 0.15) is 16.1 Å². The van der Waals surface area contributed by atoms with Crippen LogP contribution in [0.4, 0.5) is 0 Å². The van der Waals surface area contributed by atoms with E-state index in [1.165, 1.54) is 16.9 Å². The van der Waals surface area contributed by atoms with Gasteiger partial charge in [0.15, 0.2) is 5.16 Å². The number of thiazole rings is 1. The van der Waals surface area contributed by atoms with Gasteiger partial charge < -0.3 is 15.0 Å². The molecule has 1 amide bonds. The molecule has 2 N–H and O–H groups in total. The highest BCUT2D eigenvalue weighted by Gasteiger charge is 2.15. The third-order valence-corrected chi connectivity index (χ3v) is 6.84. The second kappa shape index (κ2) is 8.15. The van der Waals surface area contributed by atoms with E-state index in [-0.39, 0.29) is 5.91 Å². The minimum absolute atomic E-state index is 0.138. The quantitative estimate of drug-likeness (QED) is 0.462. The Morgan fingerprint density at radius 3 is 3.27 bits per heavy atom. The van der Waals surface area contributed by atoms with E-state index >= 15 is 0 Å². The van der Waals surface area contributed by atoms with Gasteiger partial charge in [0.05, 0.1) is 6.61 Å². The fourth-order valence-corrected chi connectivity index (χ4v) is 5.03. The number of fused-ring (bicyclic) bond motifs is 1. The molecule has 6 nitrogen and oxygen atoms in total. The second-order valence-corrected chi connectivity index (χ2v) is 8.78. The van der Waals surface area contributed by atoms with E-state index in [1.54, 1.807) is 39.4 Å². The highest BCUT2D eigenvalue weighted by molar-refractivity contribution is 8.76. The predicted octanol–water partition coefficient (Wildman–Crippen LogP) is 3.64. The fourth-order valence-electron chi connectivity index (χ4n) is 2.52. The van der Waals surface area contributed by atoms with E-state index < -0.39 is 0 Å². The van der Waals surface area contributed by atoms with Crippen LogP contribution in [-0.4, -0.2) is 39.8 Å². The first-order valence-corrected chi connectivity index (χ1v) is 11.3. The Bertz CT molecular complexity index is 895. The molecule has 9 heteroatoms. The number of carbonyl (C=O) groups is 1. The number of benzene rings is 1. The van der Waals surface area contributed by atoms with Crippen LogP contribution in [0.25, 0.3) is 10.6 Å². The highest BCUT2D eigenvalue weighted by atomic mass is 33.1. The van der Waals surface area contributed by atoms with Crippen molar-refractivity contribution in [2.45, 2.75) is 11.6 Å². The summed E-state index contributed by atoms with van der Waals surface area (Å²) in [6.45, 7) is 1.32. The standard InChI is InChI=1S/C17H16N4O2S3/c22-15(18-6-8-25-26-17-19-4-5-20-17)13-10-24-16(21-13)12-1-2-14-11(9-12)3-7-23-14/h1-2,4-5,9-10H,3,6-8H2,(H,18,22)(H,19,20). The molecule has 0 saturated heterocycles. The van der Waals surface area contributed by atoms with Gasteiger partial charge in [0.1, 0.15) is 16.5 Å². The molecular formula is C17H16N4O2S3. The number of hydrogen-bond acceptors (Lipinski definition) is 7. The summed E-state index contributed by atoms with van der Waals surface area (Å²) in [5.74, 6) is 1.60. The van der Waals surface area contributed by atoms with Crippen LogP contribution in [0, 0.1) is 0 Å². The maximum atomic E-state index is 12.2. The van der Waals surface area contributed by atoms with Crippen molar-refractivity contribution in [3.8, 4) is 16.3 Å². The van der Waals surface area contributed by atoms with Crippen LogP contribution in [0.15, 0.2) is 41.1 Å². The molecule has 1 aliphatic heterocycles. The molecule has 0 radical (unpaired) electrons. The third-order valence-electron chi connectivity index (χ3n) is 3.76. The van der Waals surface area contributed by atoms with Crippen molar-refractivity contribution in [3.05, 3.63) is 47.2 Å². The molecule has 0 fully saturated rings. The summed E-state index contributed by atoms with van der Waals surface area (Å²) >= 11 is 1.48. The van der Waals surface area contributed by atoms with E-state index in [9.17, 15) is 4.79 Å². The van der Waals surface area contributed by atoms with Crippen molar-refractivity contribution in [3.63, 3.8) is 0 Å². The van der Waals surface area contributed by atoms with Gasteiger partial charge in [-0.1, -0.05) is 10.8 Å². The Kier molecular flexibility index (Phi) is 5.47. The van der Waals surface area contributed by atoms with Crippen molar-refractivity contribution in [2.75, 3.05) is 18.9 Å². The number of ether oxygens (including phenoxy) is 1. The topological polar surface area (TPSA) is 79.9 Å². The summed E-state index contributed by atoms with van der Waals surface area (Å²) in [5, 5.41) is 6.43. The summed E-state index contributed by atoms with van der Waals surface area (Å²) < 4.78 is 5.53. The lowest BCUT2D eigenvalue weighted by Gasteiger charge is -2.02. The lowest BCUT2D eigenvalue weighted by atomic mass is 10.1. The minimum atomic E-state index is -0.138. The van der Waals surface area contributed by atoms with E-state index in [0.717, 1.165) is 40.3 Å². The Morgan fingerprint density at radius 2 is 2.38 bits per heavy atom. The summed E-state index contributed by atoms with van der Waals surface area (Å²) in [4.78, 5) is 23.9. The third kappa shape index (κ3) is 4.05. The summed E-state index contributed by atoms with van der Waals surface area (Å²) in [6, 6.07) is 6.07. The van der Waals surface area contributed by atoms with Crippen molar-refractivity contribution in [1.29, 1.82) is 0 Å². The molecule has 2 aromatic heterocycles. The van der Waals surface area contributed by atoms with Gasteiger partial charge >= 0.3 is 0 Å². The first-order chi connectivity index (χ1) is 12.8. The van der Waals surface area contributed by atoms with Gasteiger partial charge in [0, 0.05) is 42.1 Å². The normalized spacial score (nSPS) is 12.6. The molecule has 4 rings (SSSR count). The van der Waals surface area contributed by atoms with Crippen molar-refractivity contribution < 1.29 is 9.53 Å². The summed E-state index contributed by atoms with van der Waals surface area (Å²) in [5.41, 5.74) is 2.70. The maximum absolute atomic E-state index is 12.2. The molecule has 0 bridgehead atoms. The van der Waals surface area contributed by atoms with Crippen LogP contribution in [0.3, 0.4) is 0 Å². The molecule has 0 aliphatic carbocycles.